The quantitative estimate of drug-likeness (QED) is 0.166. The third kappa shape index (κ3) is 3.49. The van der Waals surface area contributed by atoms with Crippen molar-refractivity contribution in [1.29, 1.82) is 0 Å². The van der Waals surface area contributed by atoms with Crippen LogP contribution in [0.5, 0.6) is 0 Å². The molecule has 5 aromatic carbocycles. The number of nitrogens with zero attached hydrogens (tertiary/aromatic N) is 4. The van der Waals surface area contributed by atoms with Gasteiger partial charge in [-0.15, -0.1) is 0 Å². The molecule has 0 aliphatic heterocycles. The maximum absolute atomic E-state index is 5.18. The van der Waals surface area contributed by atoms with Gasteiger partial charge in [0.05, 0.1) is 27.6 Å². The normalized spacial score (nSPS) is 12.7. The molecule has 1 atom stereocenters. The smallest absolute Gasteiger partial charge is 0.146 e. The van der Waals surface area contributed by atoms with Crippen molar-refractivity contribution in [1.82, 2.24) is 19.4 Å². The molecular formula is C37H23N4P. The maximum atomic E-state index is 5.18. The average molecular weight is 555 g/mol. The molecule has 9 aromatic rings. The minimum absolute atomic E-state index is 0.932. The van der Waals surface area contributed by atoms with E-state index < -0.39 is 7.92 Å². The van der Waals surface area contributed by atoms with Crippen LogP contribution in [0.1, 0.15) is 0 Å². The molecule has 0 saturated carbocycles. The molecule has 5 heteroatoms. The molecule has 0 aliphatic rings. The first kappa shape index (κ1) is 23.5. The molecule has 4 aromatic heterocycles. The van der Waals surface area contributed by atoms with Gasteiger partial charge in [0.2, 0.25) is 0 Å². The highest BCUT2D eigenvalue weighted by molar-refractivity contribution is 7.80. The summed E-state index contributed by atoms with van der Waals surface area (Å²) in [5, 5.41) is 9.75. The van der Waals surface area contributed by atoms with Crippen molar-refractivity contribution in [2.45, 2.75) is 0 Å². The zero-order valence-corrected chi connectivity index (χ0v) is 23.4. The van der Waals surface area contributed by atoms with E-state index in [1.54, 1.807) is 0 Å². The van der Waals surface area contributed by atoms with Crippen molar-refractivity contribution < 1.29 is 0 Å². The highest BCUT2D eigenvalue weighted by Crippen LogP contribution is 2.39. The topological polar surface area (TPSA) is 43.1 Å². The van der Waals surface area contributed by atoms with Crippen molar-refractivity contribution in [3.63, 3.8) is 0 Å². The van der Waals surface area contributed by atoms with Gasteiger partial charge in [-0.2, -0.15) is 0 Å². The summed E-state index contributed by atoms with van der Waals surface area (Å²) >= 11 is 0. The van der Waals surface area contributed by atoms with Gasteiger partial charge in [0, 0.05) is 33.9 Å². The Morgan fingerprint density at radius 3 is 2.14 bits per heavy atom. The standard InChI is InChI=1S/C37H23N4P/c1-3-11-31-29(10-1)36(19-21-39-31)42(26-16-15-24-8-7-20-38-33(24)23-26)25-17-18-27-28-9-2-5-13-34(28)41-35-14-6-4-12-32(35)40-37(41)30(27)22-25/h1-23H. The zero-order chi connectivity index (χ0) is 27.6. The van der Waals surface area contributed by atoms with Crippen LogP contribution in [0.4, 0.5) is 0 Å². The van der Waals surface area contributed by atoms with Crippen molar-refractivity contribution in [3.8, 4) is 0 Å². The number of rotatable bonds is 3. The molecule has 0 saturated heterocycles. The number of aromatic nitrogens is 4. The summed E-state index contributed by atoms with van der Waals surface area (Å²) < 4.78 is 2.32. The molecule has 1 unspecified atom stereocenters. The zero-order valence-electron chi connectivity index (χ0n) is 22.5. The van der Waals surface area contributed by atoms with E-state index in [-0.39, 0.29) is 0 Å². The first-order valence-corrected chi connectivity index (χ1v) is 15.4. The predicted molar refractivity (Wildman–Crippen MR) is 177 cm³/mol. The van der Waals surface area contributed by atoms with Crippen LogP contribution in [0.3, 0.4) is 0 Å². The molecule has 0 N–H and O–H groups in total. The fourth-order valence-corrected chi connectivity index (χ4v) is 8.79. The molecule has 196 valence electrons. The van der Waals surface area contributed by atoms with Crippen LogP contribution in [0, 0.1) is 0 Å². The molecule has 9 rings (SSSR count). The van der Waals surface area contributed by atoms with Crippen LogP contribution < -0.4 is 15.9 Å². The summed E-state index contributed by atoms with van der Waals surface area (Å²) in [6.45, 7) is 0. The molecule has 4 heterocycles. The number of fused-ring (bicyclic) bond motifs is 10. The van der Waals surface area contributed by atoms with Gasteiger partial charge in [-0.25, -0.2) is 4.98 Å². The molecule has 0 fully saturated rings. The lowest BCUT2D eigenvalue weighted by Gasteiger charge is -2.22. The number of imidazole rings is 1. The monoisotopic (exact) mass is 554 g/mol. The van der Waals surface area contributed by atoms with Crippen molar-refractivity contribution in [2.75, 3.05) is 0 Å². The first-order valence-electron chi connectivity index (χ1n) is 14.0. The summed E-state index contributed by atoms with van der Waals surface area (Å²) in [5.74, 6) is 0. The second-order valence-electron chi connectivity index (χ2n) is 10.6. The molecule has 0 radical (unpaired) electrons. The van der Waals surface area contributed by atoms with Crippen molar-refractivity contribution >= 4 is 84.0 Å². The van der Waals surface area contributed by atoms with E-state index in [0.717, 1.165) is 38.5 Å². The predicted octanol–water partition coefficient (Wildman–Crippen LogP) is 7.65. The Morgan fingerprint density at radius 1 is 0.476 bits per heavy atom. The SMILES string of the molecule is c1cnc2cc(P(c3ccc4c5ccccc5n5c6ccccc6nc5c4c3)c3ccnc4ccccc34)ccc2c1. The number of benzene rings is 5. The Kier molecular flexibility index (Phi) is 5.13. The summed E-state index contributed by atoms with van der Waals surface area (Å²) in [6.07, 6.45) is 3.82. The summed E-state index contributed by atoms with van der Waals surface area (Å²) in [7, 11) is -0.932. The minimum Gasteiger partial charge on any atom is -0.292 e. The second-order valence-corrected chi connectivity index (χ2v) is 12.8. The third-order valence-electron chi connectivity index (χ3n) is 8.21. The number of hydrogen-bond donors (Lipinski definition) is 0. The minimum atomic E-state index is -0.932. The van der Waals surface area contributed by atoms with Crippen LogP contribution in [0.25, 0.3) is 60.2 Å². The molecule has 4 nitrogen and oxygen atoms in total. The molecule has 42 heavy (non-hydrogen) atoms. The molecule has 0 spiro atoms. The molecule has 0 amide bonds. The highest BCUT2D eigenvalue weighted by atomic mass is 31.1. The lowest BCUT2D eigenvalue weighted by Crippen LogP contribution is -2.22. The molecular weight excluding hydrogens is 531 g/mol. The molecule has 0 aliphatic carbocycles. The van der Waals surface area contributed by atoms with Gasteiger partial charge in [0.1, 0.15) is 5.65 Å². The second kappa shape index (κ2) is 9.17. The van der Waals surface area contributed by atoms with E-state index in [1.807, 2.05) is 18.5 Å². The van der Waals surface area contributed by atoms with E-state index in [2.05, 4.69) is 126 Å². The summed E-state index contributed by atoms with van der Waals surface area (Å²) in [4.78, 5) is 14.6. The van der Waals surface area contributed by atoms with E-state index in [4.69, 9.17) is 15.0 Å². The Bertz CT molecular complexity index is 2490. The van der Waals surface area contributed by atoms with Crippen LogP contribution in [0.15, 0.2) is 140 Å². The summed E-state index contributed by atoms with van der Waals surface area (Å²) in [6, 6.07) is 45.6. The van der Waals surface area contributed by atoms with E-state index in [0.29, 0.717) is 0 Å². The van der Waals surface area contributed by atoms with Gasteiger partial charge in [-0.05, 0) is 77.8 Å². The van der Waals surface area contributed by atoms with Crippen LogP contribution in [-0.2, 0) is 0 Å². The van der Waals surface area contributed by atoms with E-state index in [1.165, 1.54) is 37.6 Å². The molecule has 0 bridgehead atoms. The fourth-order valence-electron chi connectivity index (χ4n) is 6.34. The number of para-hydroxylation sites is 4. The largest absolute Gasteiger partial charge is 0.292 e. The maximum Gasteiger partial charge on any atom is 0.146 e. The Hall–Kier alpha value is -5.18. The van der Waals surface area contributed by atoms with Gasteiger partial charge >= 0.3 is 0 Å². The first-order chi connectivity index (χ1) is 20.8. The lowest BCUT2D eigenvalue weighted by molar-refractivity contribution is 1.32. The van der Waals surface area contributed by atoms with E-state index >= 15 is 0 Å². The van der Waals surface area contributed by atoms with Gasteiger partial charge in [-0.1, -0.05) is 78.9 Å². The lowest BCUT2D eigenvalue weighted by atomic mass is 10.1. The highest BCUT2D eigenvalue weighted by Gasteiger charge is 2.22. The van der Waals surface area contributed by atoms with Crippen LogP contribution in [-0.4, -0.2) is 19.4 Å². The summed E-state index contributed by atoms with van der Waals surface area (Å²) in [5.41, 5.74) is 6.30. The van der Waals surface area contributed by atoms with Gasteiger partial charge in [-0.3, -0.25) is 14.4 Å². The Balaban J connectivity index is 1.39. The number of pyridine rings is 3. The van der Waals surface area contributed by atoms with Crippen LogP contribution >= 0.6 is 7.92 Å². The Labute approximate surface area is 242 Å². The van der Waals surface area contributed by atoms with Gasteiger partial charge < -0.3 is 0 Å². The van der Waals surface area contributed by atoms with Gasteiger partial charge in [0.25, 0.3) is 0 Å². The van der Waals surface area contributed by atoms with Gasteiger partial charge in [0.15, 0.2) is 0 Å². The third-order valence-corrected chi connectivity index (χ3v) is 10.7. The van der Waals surface area contributed by atoms with Crippen molar-refractivity contribution in [2.24, 2.45) is 0 Å². The fraction of sp³-hybridized carbons (Fsp3) is 0. The van der Waals surface area contributed by atoms with Crippen molar-refractivity contribution in [3.05, 3.63) is 140 Å². The Morgan fingerprint density at radius 2 is 1.21 bits per heavy atom. The number of hydrogen-bond acceptors (Lipinski definition) is 3. The average Bonchev–Trinajstić information content (AvgIpc) is 3.45. The van der Waals surface area contributed by atoms with E-state index in [9.17, 15) is 0 Å². The van der Waals surface area contributed by atoms with Crippen LogP contribution in [0.2, 0.25) is 0 Å².